The summed E-state index contributed by atoms with van der Waals surface area (Å²) in [6.45, 7) is 2.94. The standard InChI is InChI=1S/C11H19NO3/c1-2-9-5-4-8-12(9)10(13)6-3-7-11(14)15/h9H,2-8H2,1H3,(H,14,15). The summed E-state index contributed by atoms with van der Waals surface area (Å²) in [7, 11) is 0. The molecule has 1 N–H and O–H groups in total. The average molecular weight is 213 g/mol. The first-order chi connectivity index (χ1) is 7.15. The van der Waals surface area contributed by atoms with Crippen LogP contribution in [-0.2, 0) is 9.59 Å². The van der Waals surface area contributed by atoms with E-state index in [1.54, 1.807) is 0 Å². The predicted octanol–water partition coefficient (Wildman–Crippen LogP) is 1.64. The lowest BCUT2D eigenvalue weighted by Gasteiger charge is -2.23. The zero-order valence-electron chi connectivity index (χ0n) is 9.24. The summed E-state index contributed by atoms with van der Waals surface area (Å²) in [5.74, 6) is -0.697. The summed E-state index contributed by atoms with van der Waals surface area (Å²) in [6.07, 6.45) is 4.12. The maximum atomic E-state index is 11.7. The van der Waals surface area contributed by atoms with E-state index in [1.807, 2.05) is 4.90 Å². The molecule has 0 spiro atoms. The van der Waals surface area contributed by atoms with Gasteiger partial charge in [-0.15, -0.1) is 0 Å². The summed E-state index contributed by atoms with van der Waals surface area (Å²) in [6, 6.07) is 0.391. The van der Waals surface area contributed by atoms with Crippen LogP contribution in [0, 0.1) is 0 Å². The highest BCUT2D eigenvalue weighted by atomic mass is 16.4. The predicted molar refractivity (Wildman–Crippen MR) is 56.5 cm³/mol. The molecule has 0 aromatic heterocycles. The van der Waals surface area contributed by atoms with E-state index in [1.165, 1.54) is 0 Å². The summed E-state index contributed by atoms with van der Waals surface area (Å²) < 4.78 is 0. The van der Waals surface area contributed by atoms with Gasteiger partial charge in [-0.2, -0.15) is 0 Å². The molecule has 1 rings (SSSR count). The minimum absolute atomic E-state index is 0.0936. The number of carbonyl (C=O) groups is 2. The molecule has 1 aliphatic rings. The van der Waals surface area contributed by atoms with Crippen LogP contribution in [0.15, 0.2) is 0 Å². The van der Waals surface area contributed by atoms with Gasteiger partial charge >= 0.3 is 5.97 Å². The van der Waals surface area contributed by atoms with Gasteiger partial charge in [-0.3, -0.25) is 9.59 Å². The van der Waals surface area contributed by atoms with E-state index in [4.69, 9.17) is 5.11 Å². The SMILES string of the molecule is CCC1CCCN1C(=O)CCCC(=O)O. The molecule has 1 heterocycles. The summed E-state index contributed by atoms with van der Waals surface area (Å²) in [5, 5.41) is 8.46. The third kappa shape index (κ3) is 3.53. The maximum Gasteiger partial charge on any atom is 0.303 e. The number of carbonyl (C=O) groups excluding carboxylic acids is 1. The van der Waals surface area contributed by atoms with Gasteiger partial charge in [0.25, 0.3) is 0 Å². The third-order valence-corrected chi connectivity index (χ3v) is 2.95. The van der Waals surface area contributed by atoms with Crippen molar-refractivity contribution in [1.82, 2.24) is 4.90 Å². The second-order valence-corrected chi connectivity index (χ2v) is 4.04. The largest absolute Gasteiger partial charge is 0.481 e. The van der Waals surface area contributed by atoms with Crippen molar-refractivity contribution in [2.45, 2.75) is 51.5 Å². The van der Waals surface area contributed by atoms with E-state index in [-0.39, 0.29) is 12.3 Å². The maximum absolute atomic E-state index is 11.7. The van der Waals surface area contributed by atoms with Crippen LogP contribution in [0.4, 0.5) is 0 Å². The Balaban J connectivity index is 2.29. The number of aliphatic carboxylic acids is 1. The van der Waals surface area contributed by atoms with Crippen LogP contribution in [0.5, 0.6) is 0 Å². The molecule has 86 valence electrons. The summed E-state index contributed by atoms with van der Waals surface area (Å²) >= 11 is 0. The molecule has 1 saturated heterocycles. The number of carboxylic acids is 1. The number of likely N-dealkylation sites (tertiary alicyclic amines) is 1. The van der Waals surface area contributed by atoms with Gasteiger partial charge in [0.2, 0.25) is 5.91 Å². The van der Waals surface area contributed by atoms with Crippen molar-refractivity contribution >= 4 is 11.9 Å². The minimum atomic E-state index is -0.823. The van der Waals surface area contributed by atoms with Crippen LogP contribution in [0.2, 0.25) is 0 Å². The number of nitrogens with zero attached hydrogens (tertiary/aromatic N) is 1. The van der Waals surface area contributed by atoms with Crippen LogP contribution in [0.1, 0.15) is 45.4 Å². The Morgan fingerprint density at radius 2 is 2.13 bits per heavy atom. The highest BCUT2D eigenvalue weighted by molar-refractivity contribution is 5.77. The Hall–Kier alpha value is -1.06. The Bertz CT molecular complexity index is 240. The second kappa shape index (κ2) is 5.73. The summed E-state index contributed by atoms with van der Waals surface area (Å²) in [4.78, 5) is 23.9. The van der Waals surface area contributed by atoms with Gasteiger partial charge in [-0.1, -0.05) is 6.92 Å². The fraction of sp³-hybridized carbons (Fsp3) is 0.818. The fourth-order valence-corrected chi connectivity index (χ4v) is 2.12. The molecular formula is C11H19NO3. The lowest BCUT2D eigenvalue weighted by Crippen LogP contribution is -2.34. The van der Waals surface area contributed by atoms with Crippen LogP contribution in [0.3, 0.4) is 0 Å². The van der Waals surface area contributed by atoms with Gasteiger partial charge in [-0.05, 0) is 25.7 Å². The zero-order valence-corrected chi connectivity index (χ0v) is 9.24. The fourth-order valence-electron chi connectivity index (χ4n) is 2.12. The molecule has 0 saturated carbocycles. The average Bonchev–Trinajstić information content (AvgIpc) is 2.64. The minimum Gasteiger partial charge on any atom is -0.481 e. The first-order valence-electron chi connectivity index (χ1n) is 5.66. The number of rotatable bonds is 5. The molecule has 15 heavy (non-hydrogen) atoms. The van der Waals surface area contributed by atoms with E-state index in [9.17, 15) is 9.59 Å². The highest BCUT2D eigenvalue weighted by Gasteiger charge is 2.26. The van der Waals surface area contributed by atoms with E-state index in [0.29, 0.717) is 18.9 Å². The third-order valence-electron chi connectivity index (χ3n) is 2.95. The van der Waals surface area contributed by atoms with Gasteiger partial charge in [0, 0.05) is 25.4 Å². The molecule has 1 aliphatic heterocycles. The van der Waals surface area contributed by atoms with Gasteiger partial charge < -0.3 is 10.0 Å². The van der Waals surface area contributed by atoms with E-state index in [2.05, 4.69) is 6.92 Å². The summed E-state index contributed by atoms with van der Waals surface area (Å²) in [5.41, 5.74) is 0. The Labute approximate surface area is 90.3 Å². The molecule has 0 aromatic carbocycles. The van der Waals surface area contributed by atoms with Gasteiger partial charge in [-0.25, -0.2) is 0 Å². The zero-order chi connectivity index (χ0) is 11.3. The molecule has 0 aromatic rings. The molecule has 4 heteroatoms. The molecule has 1 unspecified atom stereocenters. The first kappa shape index (κ1) is 12.0. The monoisotopic (exact) mass is 213 g/mol. The Morgan fingerprint density at radius 3 is 2.73 bits per heavy atom. The molecule has 1 fully saturated rings. The van der Waals surface area contributed by atoms with Gasteiger partial charge in [0.15, 0.2) is 0 Å². The van der Waals surface area contributed by atoms with Crippen molar-refractivity contribution in [2.75, 3.05) is 6.54 Å². The normalized spacial score (nSPS) is 20.6. The van der Waals surface area contributed by atoms with E-state index >= 15 is 0 Å². The topological polar surface area (TPSA) is 57.6 Å². The second-order valence-electron chi connectivity index (χ2n) is 4.04. The molecular weight excluding hydrogens is 194 g/mol. The van der Waals surface area contributed by atoms with E-state index < -0.39 is 5.97 Å². The highest BCUT2D eigenvalue weighted by Crippen LogP contribution is 2.21. The number of carboxylic acid groups (broad SMARTS) is 1. The van der Waals surface area contributed by atoms with Gasteiger partial charge in [0.1, 0.15) is 0 Å². The van der Waals surface area contributed by atoms with Crippen LogP contribution in [-0.4, -0.2) is 34.5 Å². The van der Waals surface area contributed by atoms with Crippen molar-refractivity contribution in [1.29, 1.82) is 0 Å². The Morgan fingerprint density at radius 1 is 1.40 bits per heavy atom. The number of hydrogen-bond acceptors (Lipinski definition) is 2. The van der Waals surface area contributed by atoms with Crippen molar-refractivity contribution < 1.29 is 14.7 Å². The molecule has 0 radical (unpaired) electrons. The lowest BCUT2D eigenvalue weighted by atomic mass is 10.1. The van der Waals surface area contributed by atoms with Crippen molar-refractivity contribution in [3.05, 3.63) is 0 Å². The molecule has 0 aliphatic carbocycles. The van der Waals surface area contributed by atoms with Crippen LogP contribution >= 0.6 is 0 Å². The number of amides is 1. The molecule has 1 amide bonds. The van der Waals surface area contributed by atoms with Crippen LogP contribution in [0.25, 0.3) is 0 Å². The molecule has 4 nitrogen and oxygen atoms in total. The van der Waals surface area contributed by atoms with E-state index in [0.717, 1.165) is 25.8 Å². The van der Waals surface area contributed by atoms with Crippen molar-refractivity contribution in [3.8, 4) is 0 Å². The number of hydrogen-bond donors (Lipinski definition) is 1. The molecule has 1 atom stereocenters. The van der Waals surface area contributed by atoms with Crippen molar-refractivity contribution in [2.24, 2.45) is 0 Å². The quantitative estimate of drug-likeness (QED) is 0.755. The Kier molecular flexibility index (Phi) is 4.59. The van der Waals surface area contributed by atoms with Crippen LogP contribution < -0.4 is 0 Å². The van der Waals surface area contributed by atoms with Crippen molar-refractivity contribution in [3.63, 3.8) is 0 Å². The lowest BCUT2D eigenvalue weighted by molar-refractivity contribution is -0.137. The first-order valence-corrected chi connectivity index (χ1v) is 5.66. The van der Waals surface area contributed by atoms with Gasteiger partial charge in [0.05, 0.1) is 0 Å². The smallest absolute Gasteiger partial charge is 0.303 e. The molecule has 0 bridgehead atoms.